The summed E-state index contributed by atoms with van der Waals surface area (Å²) in [6, 6.07) is 1.73. The molecule has 3 rings (SSSR count). The highest BCUT2D eigenvalue weighted by Crippen LogP contribution is 2.27. The van der Waals surface area contributed by atoms with Crippen molar-refractivity contribution >= 4 is 29.0 Å². The zero-order chi connectivity index (χ0) is 17.3. The molecule has 8 heteroatoms. The Morgan fingerprint density at radius 2 is 1.88 bits per heavy atom. The van der Waals surface area contributed by atoms with E-state index in [1.54, 1.807) is 12.3 Å². The van der Waals surface area contributed by atoms with Crippen molar-refractivity contribution in [2.45, 2.75) is 32.7 Å². The van der Waals surface area contributed by atoms with Gasteiger partial charge in [-0.3, -0.25) is 4.90 Å². The van der Waals surface area contributed by atoms with E-state index in [0.29, 0.717) is 22.5 Å². The molecule has 0 spiro atoms. The van der Waals surface area contributed by atoms with E-state index >= 15 is 0 Å². The van der Waals surface area contributed by atoms with Gasteiger partial charge in [0.05, 0.1) is 16.6 Å². The molecule has 24 heavy (non-hydrogen) atoms. The van der Waals surface area contributed by atoms with Crippen LogP contribution in [0.25, 0.3) is 0 Å². The number of aromatic nitrogens is 3. The van der Waals surface area contributed by atoms with E-state index < -0.39 is 0 Å². The smallest absolute Gasteiger partial charge is 0.232 e. The van der Waals surface area contributed by atoms with Crippen LogP contribution in [-0.4, -0.2) is 46.2 Å². The number of pyridine rings is 1. The number of hydrogen-bond donors (Lipinski definition) is 0. The van der Waals surface area contributed by atoms with Crippen molar-refractivity contribution in [1.29, 1.82) is 0 Å². The van der Waals surface area contributed by atoms with Gasteiger partial charge in [-0.15, -0.1) is 0 Å². The van der Waals surface area contributed by atoms with Crippen LogP contribution in [0.3, 0.4) is 0 Å². The van der Waals surface area contributed by atoms with Crippen LogP contribution in [0.5, 0.6) is 0 Å². The summed E-state index contributed by atoms with van der Waals surface area (Å²) in [7, 11) is 0. The van der Waals surface area contributed by atoms with Gasteiger partial charge in [0.1, 0.15) is 5.82 Å². The molecule has 6 nitrogen and oxygen atoms in total. The Hall–Kier alpha value is -1.37. The summed E-state index contributed by atoms with van der Waals surface area (Å²) in [5.41, 5.74) is -0.124. The molecule has 130 valence electrons. The van der Waals surface area contributed by atoms with Crippen LogP contribution in [0.4, 0.5) is 5.82 Å². The molecule has 0 atom stereocenters. The largest absolute Gasteiger partial charge is 0.353 e. The average Bonchev–Trinajstić information content (AvgIpc) is 2.97. The third-order valence-electron chi connectivity index (χ3n) is 3.93. The molecule has 3 heterocycles. The van der Waals surface area contributed by atoms with Crippen molar-refractivity contribution in [3.63, 3.8) is 0 Å². The molecule has 0 aromatic carbocycles. The highest BCUT2D eigenvalue weighted by molar-refractivity contribution is 6.36. The second-order valence-electron chi connectivity index (χ2n) is 6.99. The fourth-order valence-corrected chi connectivity index (χ4v) is 3.08. The summed E-state index contributed by atoms with van der Waals surface area (Å²) >= 11 is 12.1. The van der Waals surface area contributed by atoms with Gasteiger partial charge in [0.2, 0.25) is 5.89 Å². The number of nitrogens with zero attached hydrogens (tertiary/aromatic N) is 5. The molecule has 1 aliphatic heterocycles. The summed E-state index contributed by atoms with van der Waals surface area (Å²) in [4.78, 5) is 13.3. The number of piperazine rings is 1. The van der Waals surface area contributed by atoms with Crippen molar-refractivity contribution < 1.29 is 4.52 Å². The molecule has 0 N–H and O–H groups in total. The quantitative estimate of drug-likeness (QED) is 0.826. The minimum Gasteiger partial charge on any atom is -0.353 e. The highest BCUT2D eigenvalue weighted by atomic mass is 35.5. The number of anilines is 1. The van der Waals surface area contributed by atoms with Crippen LogP contribution < -0.4 is 4.90 Å². The highest BCUT2D eigenvalue weighted by Gasteiger charge is 2.24. The zero-order valence-corrected chi connectivity index (χ0v) is 15.6. The molecular formula is C16H21Cl2N5O. The SMILES string of the molecule is CC(C)(C)c1nc(CN2CCN(c3ncc(Cl)cc3Cl)CC2)no1. The summed E-state index contributed by atoms with van der Waals surface area (Å²) < 4.78 is 5.35. The van der Waals surface area contributed by atoms with E-state index in [-0.39, 0.29) is 5.41 Å². The Morgan fingerprint density at radius 3 is 2.46 bits per heavy atom. The number of hydrogen-bond acceptors (Lipinski definition) is 6. The molecule has 1 fully saturated rings. The van der Waals surface area contributed by atoms with Crippen LogP contribution in [-0.2, 0) is 12.0 Å². The number of rotatable bonds is 3. The van der Waals surface area contributed by atoms with Gasteiger partial charge in [-0.2, -0.15) is 4.98 Å². The summed E-state index contributed by atoms with van der Waals surface area (Å²) in [5.74, 6) is 2.19. The van der Waals surface area contributed by atoms with Crippen LogP contribution in [0.1, 0.15) is 32.5 Å². The van der Waals surface area contributed by atoms with Crippen molar-refractivity contribution in [3.8, 4) is 0 Å². The predicted molar refractivity (Wildman–Crippen MR) is 94.7 cm³/mol. The lowest BCUT2D eigenvalue weighted by atomic mass is 9.97. The van der Waals surface area contributed by atoms with Gasteiger partial charge in [-0.1, -0.05) is 49.1 Å². The van der Waals surface area contributed by atoms with E-state index in [1.807, 2.05) is 0 Å². The maximum absolute atomic E-state index is 6.24. The van der Waals surface area contributed by atoms with E-state index in [0.717, 1.165) is 37.8 Å². The summed E-state index contributed by atoms with van der Waals surface area (Å²) in [5, 5.41) is 5.23. The van der Waals surface area contributed by atoms with Gasteiger partial charge < -0.3 is 9.42 Å². The first-order chi connectivity index (χ1) is 11.3. The molecule has 0 bridgehead atoms. The van der Waals surface area contributed by atoms with Gasteiger partial charge in [0.25, 0.3) is 0 Å². The lowest BCUT2D eigenvalue weighted by Gasteiger charge is -2.35. The lowest BCUT2D eigenvalue weighted by molar-refractivity contribution is 0.238. The van der Waals surface area contributed by atoms with Crippen molar-refractivity contribution in [2.75, 3.05) is 31.1 Å². The standard InChI is InChI=1S/C16H21Cl2N5O/c1-16(2,3)15-20-13(21-24-15)10-22-4-6-23(7-5-22)14-12(18)8-11(17)9-19-14/h8-9H,4-7,10H2,1-3H3. The van der Waals surface area contributed by atoms with Crippen LogP contribution in [0.2, 0.25) is 10.0 Å². The molecular weight excluding hydrogens is 349 g/mol. The van der Waals surface area contributed by atoms with Gasteiger partial charge in [-0.05, 0) is 6.07 Å². The normalized spacial score (nSPS) is 16.6. The summed E-state index contributed by atoms with van der Waals surface area (Å²) in [6.45, 7) is 10.3. The van der Waals surface area contributed by atoms with Gasteiger partial charge in [-0.25, -0.2) is 4.98 Å². The first kappa shape index (κ1) is 17.5. The topological polar surface area (TPSA) is 58.3 Å². The Morgan fingerprint density at radius 1 is 1.17 bits per heavy atom. The van der Waals surface area contributed by atoms with Crippen molar-refractivity contribution in [2.24, 2.45) is 0 Å². The molecule has 0 radical (unpaired) electrons. The van der Waals surface area contributed by atoms with Gasteiger partial charge >= 0.3 is 0 Å². The van der Waals surface area contributed by atoms with E-state index in [4.69, 9.17) is 27.7 Å². The molecule has 0 amide bonds. The third kappa shape index (κ3) is 3.99. The Labute approximate surface area is 151 Å². The minimum absolute atomic E-state index is 0.124. The minimum atomic E-state index is -0.124. The molecule has 0 unspecified atom stereocenters. The fourth-order valence-electron chi connectivity index (χ4n) is 2.58. The second-order valence-corrected chi connectivity index (χ2v) is 7.83. The molecule has 2 aromatic rings. The van der Waals surface area contributed by atoms with E-state index in [2.05, 4.69) is 45.7 Å². The fraction of sp³-hybridized carbons (Fsp3) is 0.562. The third-order valence-corrected chi connectivity index (χ3v) is 4.42. The van der Waals surface area contributed by atoms with Crippen LogP contribution in [0.15, 0.2) is 16.8 Å². The van der Waals surface area contributed by atoms with Crippen LogP contribution in [0, 0.1) is 0 Å². The first-order valence-electron chi connectivity index (χ1n) is 7.94. The molecule has 1 aliphatic rings. The summed E-state index contributed by atoms with van der Waals surface area (Å²) in [6.07, 6.45) is 1.63. The second kappa shape index (κ2) is 6.86. The zero-order valence-electron chi connectivity index (χ0n) is 14.1. The molecule has 2 aromatic heterocycles. The van der Waals surface area contributed by atoms with Crippen molar-refractivity contribution in [1.82, 2.24) is 20.0 Å². The number of halogens is 2. The molecule has 1 saturated heterocycles. The van der Waals surface area contributed by atoms with Gasteiger partial charge in [0, 0.05) is 37.8 Å². The van der Waals surface area contributed by atoms with Crippen molar-refractivity contribution in [3.05, 3.63) is 34.0 Å². The van der Waals surface area contributed by atoms with Crippen LogP contribution >= 0.6 is 23.2 Å². The molecule has 0 aliphatic carbocycles. The molecule has 0 saturated carbocycles. The average molecular weight is 370 g/mol. The Bertz CT molecular complexity index is 705. The van der Waals surface area contributed by atoms with E-state index in [9.17, 15) is 0 Å². The first-order valence-corrected chi connectivity index (χ1v) is 8.70. The Balaban J connectivity index is 1.58. The Kier molecular flexibility index (Phi) is 4.99. The van der Waals surface area contributed by atoms with E-state index in [1.165, 1.54) is 0 Å². The van der Waals surface area contributed by atoms with Gasteiger partial charge in [0.15, 0.2) is 5.82 Å². The predicted octanol–water partition coefficient (Wildman–Crippen LogP) is 3.39. The maximum Gasteiger partial charge on any atom is 0.232 e. The lowest BCUT2D eigenvalue weighted by Crippen LogP contribution is -2.46. The maximum atomic E-state index is 6.24. The monoisotopic (exact) mass is 369 g/mol.